The van der Waals surface area contributed by atoms with E-state index in [-0.39, 0.29) is 5.91 Å². The topological polar surface area (TPSA) is 53.8 Å². The Hall–Kier alpha value is -2.87. The number of rotatable bonds is 10. The zero-order chi connectivity index (χ0) is 25.5. The number of halogens is 1. The molecule has 1 fully saturated rings. The van der Waals surface area contributed by atoms with Gasteiger partial charge in [0.2, 0.25) is 0 Å². The van der Waals surface area contributed by atoms with Gasteiger partial charge in [-0.05, 0) is 50.2 Å². The lowest BCUT2D eigenvalue weighted by atomic mass is 10.1. The molecule has 1 aromatic heterocycles. The summed E-state index contributed by atoms with van der Waals surface area (Å²) in [6.45, 7) is 10.8. The lowest BCUT2D eigenvalue weighted by Gasteiger charge is -2.36. The summed E-state index contributed by atoms with van der Waals surface area (Å²) in [5.74, 6) is 1.03. The summed E-state index contributed by atoms with van der Waals surface area (Å²) in [5, 5.41) is 5.52. The third-order valence-electron chi connectivity index (χ3n) is 6.76. The van der Waals surface area contributed by atoms with E-state index in [9.17, 15) is 4.79 Å². The molecular formula is C28H36ClN5O2. The minimum absolute atomic E-state index is 0.0396. The van der Waals surface area contributed by atoms with Crippen LogP contribution in [0.25, 0.3) is 5.69 Å². The fourth-order valence-corrected chi connectivity index (χ4v) is 4.92. The number of amides is 1. The molecule has 0 bridgehead atoms. The molecular weight excluding hydrogens is 474 g/mol. The summed E-state index contributed by atoms with van der Waals surface area (Å²) in [6, 6.07) is 17.4. The summed E-state index contributed by atoms with van der Waals surface area (Å²) in [7, 11) is 1.69. The van der Waals surface area contributed by atoms with Crippen LogP contribution in [0.1, 0.15) is 35.0 Å². The second-order valence-electron chi connectivity index (χ2n) is 9.14. The fourth-order valence-electron chi connectivity index (χ4n) is 4.73. The zero-order valence-electron chi connectivity index (χ0n) is 21.5. The lowest BCUT2D eigenvalue weighted by Crippen LogP contribution is -2.47. The van der Waals surface area contributed by atoms with Gasteiger partial charge in [0.15, 0.2) is 0 Å². The number of anilines is 1. The van der Waals surface area contributed by atoms with Crippen LogP contribution in [0.2, 0.25) is 5.02 Å². The summed E-state index contributed by atoms with van der Waals surface area (Å²) >= 11 is 6.21. The van der Waals surface area contributed by atoms with Crippen molar-refractivity contribution in [3.63, 3.8) is 0 Å². The third-order valence-corrected chi connectivity index (χ3v) is 7.00. The number of methoxy groups -OCH3 is 1. The molecule has 8 heteroatoms. The Balaban J connectivity index is 1.71. The van der Waals surface area contributed by atoms with E-state index >= 15 is 0 Å². The van der Waals surface area contributed by atoms with Crippen LogP contribution >= 0.6 is 11.6 Å². The predicted molar refractivity (Wildman–Crippen MR) is 145 cm³/mol. The fraction of sp³-hybridized carbons (Fsp3) is 0.429. The van der Waals surface area contributed by atoms with Crippen molar-refractivity contribution >= 4 is 23.3 Å². The first-order valence-electron chi connectivity index (χ1n) is 12.7. The number of ether oxygens (including phenoxy) is 1. The van der Waals surface area contributed by atoms with Crippen molar-refractivity contribution in [2.75, 3.05) is 57.9 Å². The van der Waals surface area contributed by atoms with Crippen LogP contribution in [0.5, 0.6) is 0 Å². The standard InChI is InChI=1S/C28H36ClN5O2/c1-4-31-15-17-32(18-16-31)27-26(22(2)30-34(27)25-12-6-5-7-13-25)21-33(14-9-19-36-3)28(35)23-10-8-11-24(29)20-23/h5-8,10-13,20H,4,9,14-19,21H2,1-3H3. The van der Waals surface area contributed by atoms with Gasteiger partial charge in [-0.15, -0.1) is 0 Å². The van der Waals surface area contributed by atoms with Crippen LogP contribution in [-0.4, -0.2) is 78.5 Å². The first-order chi connectivity index (χ1) is 17.5. The monoisotopic (exact) mass is 509 g/mol. The number of hydrogen-bond acceptors (Lipinski definition) is 5. The van der Waals surface area contributed by atoms with Gasteiger partial charge in [0, 0.05) is 62.6 Å². The van der Waals surface area contributed by atoms with Crippen LogP contribution in [0.4, 0.5) is 5.82 Å². The SMILES string of the molecule is CCN1CCN(c2c(CN(CCCOC)C(=O)c3cccc(Cl)c3)c(C)nn2-c2ccccc2)CC1. The van der Waals surface area contributed by atoms with Gasteiger partial charge >= 0.3 is 0 Å². The second-order valence-corrected chi connectivity index (χ2v) is 9.58. The van der Waals surface area contributed by atoms with E-state index in [0.717, 1.165) is 61.9 Å². The van der Waals surface area contributed by atoms with E-state index in [0.29, 0.717) is 30.3 Å². The molecule has 192 valence electrons. The molecule has 1 amide bonds. The molecule has 1 aliphatic rings. The number of piperazine rings is 1. The van der Waals surface area contributed by atoms with Gasteiger partial charge in [-0.25, -0.2) is 4.68 Å². The van der Waals surface area contributed by atoms with Gasteiger partial charge in [-0.1, -0.05) is 42.8 Å². The van der Waals surface area contributed by atoms with E-state index in [1.54, 1.807) is 19.2 Å². The molecule has 0 saturated carbocycles. The average Bonchev–Trinajstić information content (AvgIpc) is 3.24. The molecule has 0 atom stereocenters. The van der Waals surface area contributed by atoms with E-state index in [1.165, 1.54) is 0 Å². The Kier molecular flexibility index (Phi) is 9.02. The maximum absolute atomic E-state index is 13.6. The van der Waals surface area contributed by atoms with E-state index in [4.69, 9.17) is 21.4 Å². The number of likely N-dealkylation sites (N-methyl/N-ethyl adjacent to an activating group) is 1. The highest BCUT2D eigenvalue weighted by molar-refractivity contribution is 6.30. The quantitative estimate of drug-likeness (QED) is 0.372. The van der Waals surface area contributed by atoms with Crippen molar-refractivity contribution in [1.29, 1.82) is 0 Å². The number of carbonyl (C=O) groups is 1. The molecule has 3 aromatic rings. The maximum atomic E-state index is 13.6. The van der Waals surface area contributed by atoms with E-state index < -0.39 is 0 Å². The molecule has 1 saturated heterocycles. The molecule has 0 aliphatic carbocycles. The summed E-state index contributed by atoms with van der Waals surface area (Å²) in [6.07, 6.45) is 0.749. The Morgan fingerprint density at radius 2 is 1.83 bits per heavy atom. The molecule has 0 unspecified atom stereocenters. The highest BCUT2D eigenvalue weighted by Crippen LogP contribution is 2.30. The van der Waals surface area contributed by atoms with Crippen LogP contribution < -0.4 is 4.90 Å². The summed E-state index contributed by atoms with van der Waals surface area (Å²) in [5.41, 5.74) is 3.62. The van der Waals surface area contributed by atoms with Crippen molar-refractivity contribution in [2.45, 2.75) is 26.8 Å². The Morgan fingerprint density at radius 1 is 1.08 bits per heavy atom. The normalized spacial score (nSPS) is 14.3. The maximum Gasteiger partial charge on any atom is 0.254 e. The number of nitrogens with zero attached hydrogens (tertiary/aromatic N) is 5. The summed E-state index contributed by atoms with van der Waals surface area (Å²) in [4.78, 5) is 20.4. The highest BCUT2D eigenvalue weighted by atomic mass is 35.5. The number of benzene rings is 2. The van der Waals surface area contributed by atoms with Crippen LogP contribution in [0.3, 0.4) is 0 Å². The van der Waals surface area contributed by atoms with Crippen LogP contribution in [0.15, 0.2) is 54.6 Å². The van der Waals surface area contributed by atoms with Gasteiger partial charge in [-0.3, -0.25) is 4.79 Å². The van der Waals surface area contributed by atoms with Crippen molar-refractivity contribution in [3.05, 3.63) is 76.4 Å². The number of hydrogen-bond donors (Lipinski definition) is 0. The van der Waals surface area contributed by atoms with Gasteiger partial charge < -0.3 is 19.4 Å². The van der Waals surface area contributed by atoms with Crippen LogP contribution in [-0.2, 0) is 11.3 Å². The average molecular weight is 510 g/mol. The molecule has 0 spiro atoms. The minimum atomic E-state index is -0.0396. The molecule has 0 N–H and O–H groups in total. The molecule has 36 heavy (non-hydrogen) atoms. The molecule has 7 nitrogen and oxygen atoms in total. The first-order valence-corrected chi connectivity index (χ1v) is 13.0. The van der Waals surface area contributed by atoms with Gasteiger partial charge in [0.05, 0.1) is 17.9 Å². The van der Waals surface area contributed by atoms with Crippen molar-refractivity contribution < 1.29 is 9.53 Å². The number of para-hydroxylation sites is 1. The van der Waals surface area contributed by atoms with Crippen molar-refractivity contribution in [3.8, 4) is 5.69 Å². The molecule has 1 aliphatic heterocycles. The van der Waals surface area contributed by atoms with Gasteiger partial charge in [0.1, 0.15) is 5.82 Å². The van der Waals surface area contributed by atoms with E-state index in [2.05, 4.69) is 28.9 Å². The molecule has 4 rings (SSSR count). The van der Waals surface area contributed by atoms with Crippen LogP contribution in [0, 0.1) is 6.92 Å². The number of carbonyl (C=O) groups excluding carboxylic acids is 1. The second kappa shape index (κ2) is 12.4. The Bertz CT molecular complexity index is 1140. The molecule has 0 radical (unpaired) electrons. The van der Waals surface area contributed by atoms with E-state index in [1.807, 2.05) is 46.8 Å². The molecule has 2 aromatic carbocycles. The summed E-state index contributed by atoms with van der Waals surface area (Å²) < 4.78 is 7.33. The number of aryl methyl sites for hydroxylation is 1. The van der Waals surface area contributed by atoms with Gasteiger partial charge in [-0.2, -0.15) is 5.10 Å². The highest BCUT2D eigenvalue weighted by Gasteiger charge is 2.28. The van der Waals surface area contributed by atoms with Gasteiger partial charge in [0.25, 0.3) is 5.91 Å². The minimum Gasteiger partial charge on any atom is -0.385 e. The van der Waals surface area contributed by atoms with Crippen molar-refractivity contribution in [1.82, 2.24) is 19.6 Å². The Labute approximate surface area is 219 Å². The third kappa shape index (κ3) is 6.09. The lowest BCUT2D eigenvalue weighted by molar-refractivity contribution is 0.0723. The smallest absolute Gasteiger partial charge is 0.254 e. The molecule has 2 heterocycles. The van der Waals surface area contributed by atoms with Crippen molar-refractivity contribution in [2.24, 2.45) is 0 Å². The largest absolute Gasteiger partial charge is 0.385 e. The number of aromatic nitrogens is 2. The zero-order valence-corrected chi connectivity index (χ0v) is 22.2. The Morgan fingerprint density at radius 3 is 2.50 bits per heavy atom. The first kappa shape index (κ1) is 26.2. The predicted octanol–water partition coefficient (Wildman–Crippen LogP) is 4.65.